The van der Waals surface area contributed by atoms with E-state index in [0.29, 0.717) is 19.6 Å². The zero-order valence-electron chi connectivity index (χ0n) is 13.4. The van der Waals surface area contributed by atoms with Crippen LogP contribution in [-0.4, -0.2) is 39.4 Å². The second kappa shape index (κ2) is 6.83. The second-order valence-electron chi connectivity index (χ2n) is 5.29. The Morgan fingerprint density at radius 2 is 2.10 bits per heavy atom. The Bertz CT molecular complexity index is 458. The molecule has 0 aliphatic rings. The van der Waals surface area contributed by atoms with Gasteiger partial charge in [0.05, 0.1) is 12.6 Å². The Morgan fingerprint density at radius 3 is 2.55 bits per heavy atom. The number of carbonyl (C=O) groups is 1. The average molecular weight is 282 g/mol. The summed E-state index contributed by atoms with van der Waals surface area (Å²) < 4.78 is 7.05. The van der Waals surface area contributed by atoms with E-state index in [1.165, 1.54) is 0 Å². The van der Waals surface area contributed by atoms with Crippen molar-refractivity contribution in [2.75, 3.05) is 13.2 Å². The van der Waals surface area contributed by atoms with Crippen molar-refractivity contribution in [1.29, 1.82) is 0 Å². The van der Waals surface area contributed by atoms with Crippen LogP contribution in [0.1, 0.15) is 51.8 Å². The minimum atomic E-state index is -0.712. The second-order valence-corrected chi connectivity index (χ2v) is 5.29. The summed E-state index contributed by atoms with van der Waals surface area (Å²) in [6, 6.07) is 0.0599. The summed E-state index contributed by atoms with van der Waals surface area (Å²) in [6.07, 6.45) is 0.601. The van der Waals surface area contributed by atoms with Gasteiger partial charge in [-0.15, -0.1) is 0 Å². The van der Waals surface area contributed by atoms with E-state index in [-0.39, 0.29) is 12.0 Å². The molecule has 0 saturated heterocycles. The van der Waals surface area contributed by atoms with Gasteiger partial charge in [0.2, 0.25) is 0 Å². The van der Waals surface area contributed by atoms with Gasteiger partial charge in [-0.1, -0.05) is 6.92 Å². The molecule has 6 nitrogen and oxygen atoms in total. The van der Waals surface area contributed by atoms with E-state index in [1.807, 2.05) is 46.2 Å². The fourth-order valence-corrected chi connectivity index (χ4v) is 2.54. The molecule has 2 atom stereocenters. The third-order valence-corrected chi connectivity index (χ3v) is 3.32. The van der Waals surface area contributed by atoms with E-state index < -0.39 is 5.54 Å². The summed E-state index contributed by atoms with van der Waals surface area (Å²) >= 11 is 0. The lowest BCUT2D eigenvalue weighted by Gasteiger charge is -2.31. The van der Waals surface area contributed by atoms with Crippen molar-refractivity contribution >= 4 is 5.97 Å². The predicted molar refractivity (Wildman–Crippen MR) is 77.5 cm³/mol. The number of rotatable bonds is 7. The number of hydrogen-bond acceptors (Lipinski definition) is 5. The van der Waals surface area contributed by atoms with Gasteiger partial charge in [0.25, 0.3) is 0 Å². The number of carbonyl (C=O) groups excluding carboxylic acids is 1. The Kier molecular flexibility index (Phi) is 5.68. The molecule has 0 aliphatic heterocycles. The normalized spacial score (nSPS) is 15.7. The summed E-state index contributed by atoms with van der Waals surface area (Å²) in [7, 11) is 0. The molecule has 0 spiro atoms. The molecule has 0 aromatic carbocycles. The van der Waals surface area contributed by atoms with Gasteiger partial charge in [0.1, 0.15) is 17.2 Å². The molecular formula is C14H26N4O2. The maximum absolute atomic E-state index is 12.2. The van der Waals surface area contributed by atoms with Crippen molar-refractivity contribution in [2.24, 2.45) is 0 Å². The lowest BCUT2D eigenvalue weighted by molar-refractivity contribution is -0.151. The molecular weight excluding hydrogens is 256 g/mol. The zero-order chi connectivity index (χ0) is 15.3. The highest BCUT2D eigenvalue weighted by Gasteiger charge is 2.36. The summed E-state index contributed by atoms with van der Waals surface area (Å²) in [5.41, 5.74) is -0.712. The number of hydrogen-bond donors (Lipinski definition) is 1. The topological polar surface area (TPSA) is 69.0 Å². The first kappa shape index (κ1) is 16.6. The minimum Gasteiger partial charge on any atom is -0.465 e. The highest BCUT2D eigenvalue weighted by Crippen LogP contribution is 2.23. The lowest BCUT2D eigenvalue weighted by atomic mass is 9.93. The van der Waals surface area contributed by atoms with Crippen molar-refractivity contribution in [2.45, 2.75) is 59.5 Å². The van der Waals surface area contributed by atoms with Gasteiger partial charge in [-0.25, -0.2) is 9.67 Å². The van der Waals surface area contributed by atoms with Gasteiger partial charge in [-0.2, -0.15) is 5.10 Å². The first-order valence-corrected chi connectivity index (χ1v) is 7.16. The zero-order valence-corrected chi connectivity index (χ0v) is 13.4. The molecule has 1 heterocycles. The molecule has 6 heteroatoms. The minimum absolute atomic E-state index is 0.0599. The van der Waals surface area contributed by atoms with Gasteiger partial charge < -0.3 is 10.1 Å². The maximum Gasteiger partial charge on any atom is 0.326 e. The molecule has 1 rings (SSSR count). The number of aromatic nitrogens is 3. The van der Waals surface area contributed by atoms with Crippen molar-refractivity contribution < 1.29 is 9.53 Å². The highest BCUT2D eigenvalue weighted by molar-refractivity contribution is 5.80. The van der Waals surface area contributed by atoms with Gasteiger partial charge in [-0.05, 0) is 47.6 Å². The van der Waals surface area contributed by atoms with E-state index >= 15 is 0 Å². The number of likely N-dealkylation sites (N-methyl/N-ethyl adjacent to an activating group) is 1. The Hall–Kier alpha value is -1.43. The first-order valence-electron chi connectivity index (χ1n) is 7.16. The van der Waals surface area contributed by atoms with Crippen molar-refractivity contribution in [3.8, 4) is 0 Å². The quantitative estimate of drug-likeness (QED) is 0.772. The number of nitrogens with zero attached hydrogens (tertiary/aromatic N) is 3. The van der Waals surface area contributed by atoms with Crippen LogP contribution in [0.15, 0.2) is 0 Å². The van der Waals surface area contributed by atoms with Crippen LogP contribution in [0.4, 0.5) is 0 Å². The van der Waals surface area contributed by atoms with E-state index in [2.05, 4.69) is 15.4 Å². The van der Waals surface area contributed by atoms with Crippen LogP contribution in [0, 0.1) is 13.8 Å². The molecule has 2 unspecified atom stereocenters. The first-order chi connectivity index (χ1) is 9.34. The van der Waals surface area contributed by atoms with Gasteiger partial charge in [-0.3, -0.25) is 4.79 Å². The molecule has 1 aromatic heterocycles. The van der Waals surface area contributed by atoms with Gasteiger partial charge >= 0.3 is 5.97 Å². The van der Waals surface area contributed by atoms with Crippen molar-refractivity contribution in [3.05, 3.63) is 11.6 Å². The highest BCUT2D eigenvalue weighted by atomic mass is 16.5. The Balaban J connectivity index is 2.89. The van der Waals surface area contributed by atoms with E-state index in [0.717, 1.165) is 11.6 Å². The molecule has 0 amide bonds. The smallest absolute Gasteiger partial charge is 0.326 e. The van der Waals surface area contributed by atoms with Crippen molar-refractivity contribution in [1.82, 2.24) is 20.1 Å². The van der Waals surface area contributed by atoms with Crippen LogP contribution >= 0.6 is 0 Å². The molecule has 1 N–H and O–H groups in total. The number of esters is 1. The largest absolute Gasteiger partial charge is 0.465 e. The van der Waals surface area contributed by atoms with Crippen molar-refractivity contribution in [3.63, 3.8) is 0 Å². The molecule has 0 fully saturated rings. The summed E-state index contributed by atoms with van der Waals surface area (Å²) in [6.45, 7) is 12.6. The van der Waals surface area contributed by atoms with Crippen LogP contribution < -0.4 is 5.32 Å². The molecule has 0 aliphatic carbocycles. The van der Waals surface area contributed by atoms with E-state index in [4.69, 9.17) is 4.74 Å². The van der Waals surface area contributed by atoms with Gasteiger partial charge in [0, 0.05) is 0 Å². The maximum atomic E-state index is 12.2. The van der Waals surface area contributed by atoms with Crippen LogP contribution in [0.3, 0.4) is 0 Å². The van der Waals surface area contributed by atoms with E-state index in [9.17, 15) is 4.79 Å². The van der Waals surface area contributed by atoms with Crippen LogP contribution in [0.2, 0.25) is 0 Å². The monoisotopic (exact) mass is 282 g/mol. The number of aryl methyl sites for hydroxylation is 2. The molecule has 0 radical (unpaired) electrons. The summed E-state index contributed by atoms with van der Waals surface area (Å²) in [5.74, 6) is 1.39. The molecule has 20 heavy (non-hydrogen) atoms. The predicted octanol–water partition coefficient (Wildman–Crippen LogP) is 1.78. The summed E-state index contributed by atoms with van der Waals surface area (Å²) in [5, 5.41) is 7.62. The van der Waals surface area contributed by atoms with Gasteiger partial charge in [0.15, 0.2) is 0 Å². The standard InChI is InChI=1S/C14H26N4O2/c1-7-15-14(6,13(19)20-8-2)9-10(3)18-12(5)16-11(4)17-18/h10,15H,7-9H2,1-6H3. The summed E-state index contributed by atoms with van der Waals surface area (Å²) in [4.78, 5) is 16.5. The molecule has 0 saturated carbocycles. The molecule has 0 bridgehead atoms. The van der Waals surface area contributed by atoms with Crippen LogP contribution in [0.5, 0.6) is 0 Å². The fraction of sp³-hybridized carbons (Fsp3) is 0.786. The SMILES string of the molecule is CCNC(C)(CC(C)n1nc(C)nc1C)C(=O)OCC. The van der Waals surface area contributed by atoms with Crippen LogP contribution in [0.25, 0.3) is 0 Å². The molecule has 1 aromatic rings. The number of ether oxygens (including phenoxy) is 1. The third kappa shape index (κ3) is 3.79. The van der Waals surface area contributed by atoms with Crippen LogP contribution in [-0.2, 0) is 9.53 Å². The third-order valence-electron chi connectivity index (χ3n) is 3.32. The lowest BCUT2D eigenvalue weighted by Crippen LogP contribution is -2.51. The van der Waals surface area contributed by atoms with E-state index in [1.54, 1.807) is 0 Å². The fourth-order valence-electron chi connectivity index (χ4n) is 2.54. The Morgan fingerprint density at radius 1 is 1.45 bits per heavy atom. The number of nitrogens with one attached hydrogen (secondary N) is 1. The molecule has 114 valence electrons. The average Bonchev–Trinajstić information content (AvgIpc) is 2.69. The Labute approximate surface area is 120 Å².